The Bertz CT molecular complexity index is 1020. The Labute approximate surface area is 199 Å². The molecule has 0 saturated heterocycles. The summed E-state index contributed by atoms with van der Waals surface area (Å²) in [7, 11) is 0. The van der Waals surface area contributed by atoms with Crippen LogP contribution in [-0.4, -0.2) is 41.8 Å². The lowest BCUT2D eigenvalue weighted by Crippen LogP contribution is -2.48. The molecule has 34 heavy (non-hydrogen) atoms. The summed E-state index contributed by atoms with van der Waals surface area (Å²) < 4.78 is 5.59. The highest BCUT2D eigenvalue weighted by Gasteiger charge is 2.34. The number of carbonyl (C=O) groups excluding carboxylic acids is 2. The monoisotopic (exact) mass is 464 g/mol. The first-order valence-electron chi connectivity index (χ1n) is 12.0. The number of carbonyl (C=O) groups is 3. The van der Waals surface area contributed by atoms with E-state index in [1.165, 1.54) is 22.3 Å². The Kier molecular flexibility index (Phi) is 7.20. The molecule has 7 heteroatoms. The lowest BCUT2D eigenvalue weighted by Gasteiger charge is -2.35. The van der Waals surface area contributed by atoms with Crippen molar-refractivity contribution in [1.29, 1.82) is 0 Å². The molecule has 0 bridgehead atoms. The number of amides is 2. The summed E-state index contributed by atoms with van der Waals surface area (Å²) in [5.74, 6) is -1.25. The number of rotatable bonds is 9. The van der Waals surface area contributed by atoms with Gasteiger partial charge in [0.25, 0.3) is 0 Å². The van der Waals surface area contributed by atoms with Crippen LogP contribution in [0, 0.1) is 11.8 Å². The lowest BCUT2D eigenvalue weighted by molar-refractivity contribution is -0.143. The standard InChI is InChI=1S/C27H32N2O5/c1-3-16(2)25(26(31)32)29-24(30)14-17-12-18(13-17)28-27(33)34-15-23-21-10-6-4-8-19(21)20-9-5-7-11-22(20)23/h4-11,16-18,23,25H,3,12-15H2,1-2H3,(H,28,33)(H,29,30)(H,31,32). The largest absolute Gasteiger partial charge is 0.480 e. The van der Waals surface area contributed by atoms with Crippen LogP contribution in [0.1, 0.15) is 56.6 Å². The van der Waals surface area contributed by atoms with Crippen LogP contribution in [0.15, 0.2) is 48.5 Å². The number of carboxylic acid groups (broad SMARTS) is 1. The van der Waals surface area contributed by atoms with E-state index in [0.717, 1.165) is 0 Å². The number of hydrogen-bond acceptors (Lipinski definition) is 4. The molecule has 0 radical (unpaired) electrons. The quantitative estimate of drug-likeness (QED) is 0.513. The Morgan fingerprint density at radius 3 is 2.18 bits per heavy atom. The average Bonchev–Trinajstić information content (AvgIpc) is 3.13. The Morgan fingerprint density at radius 1 is 1.03 bits per heavy atom. The number of hydrogen-bond donors (Lipinski definition) is 3. The summed E-state index contributed by atoms with van der Waals surface area (Å²) in [5, 5.41) is 14.9. The summed E-state index contributed by atoms with van der Waals surface area (Å²) in [6, 6.07) is 15.5. The van der Waals surface area contributed by atoms with Crippen molar-refractivity contribution in [1.82, 2.24) is 10.6 Å². The molecular formula is C27H32N2O5. The van der Waals surface area contributed by atoms with Gasteiger partial charge < -0.3 is 20.5 Å². The van der Waals surface area contributed by atoms with Gasteiger partial charge in [0.1, 0.15) is 12.6 Å². The van der Waals surface area contributed by atoms with Gasteiger partial charge in [-0.1, -0.05) is 68.8 Å². The summed E-state index contributed by atoms with van der Waals surface area (Å²) in [6.45, 7) is 3.99. The molecule has 180 valence electrons. The van der Waals surface area contributed by atoms with Gasteiger partial charge in [-0.3, -0.25) is 4.79 Å². The van der Waals surface area contributed by atoms with Crippen LogP contribution in [0.3, 0.4) is 0 Å². The molecule has 2 atom stereocenters. The van der Waals surface area contributed by atoms with Crippen LogP contribution in [0.4, 0.5) is 4.79 Å². The molecule has 2 aliphatic carbocycles. The van der Waals surface area contributed by atoms with E-state index in [-0.39, 0.29) is 42.7 Å². The van der Waals surface area contributed by atoms with Gasteiger partial charge in [0.15, 0.2) is 0 Å². The Balaban J connectivity index is 1.22. The minimum absolute atomic E-state index is 0.0173. The molecule has 2 amide bonds. The molecule has 7 nitrogen and oxygen atoms in total. The summed E-state index contributed by atoms with van der Waals surface area (Å²) in [4.78, 5) is 36.1. The average molecular weight is 465 g/mol. The van der Waals surface area contributed by atoms with Gasteiger partial charge in [0.05, 0.1) is 0 Å². The molecule has 4 rings (SSSR count). The van der Waals surface area contributed by atoms with E-state index in [9.17, 15) is 19.5 Å². The highest BCUT2D eigenvalue weighted by atomic mass is 16.5. The number of alkyl carbamates (subject to hydrolysis) is 1. The van der Waals surface area contributed by atoms with E-state index in [2.05, 4.69) is 34.9 Å². The van der Waals surface area contributed by atoms with E-state index in [4.69, 9.17) is 4.74 Å². The zero-order valence-corrected chi connectivity index (χ0v) is 19.6. The number of nitrogens with one attached hydrogen (secondary N) is 2. The summed E-state index contributed by atoms with van der Waals surface area (Å²) in [5.41, 5.74) is 4.71. The van der Waals surface area contributed by atoms with Crippen molar-refractivity contribution >= 4 is 18.0 Å². The van der Waals surface area contributed by atoms with Crippen molar-refractivity contribution in [3.8, 4) is 11.1 Å². The maximum absolute atomic E-state index is 12.4. The zero-order chi connectivity index (χ0) is 24.2. The second-order valence-electron chi connectivity index (χ2n) is 9.48. The predicted molar refractivity (Wildman–Crippen MR) is 128 cm³/mol. The summed E-state index contributed by atoms with van der Waals surface area (Å²) >= 11 is 0. The first kappa shape index (κ1) is 23.8. The molecule has 1 fully saturated rings. The zero-order valence-electron chi connectivity index (χ0n) is 19.6. The first-order chi connectivity index (χ1) is 16.4. The van der Waals surface area contributed by atoms with Crippen LogP contribution in [0.2, 0.25) is 0 Å². The minimum Gasteiger partial charge on any atom is -0.480 e. The third-order valence-electron chi connectivity index (χ3n) is 7.17. The fraction of sp³-hybridized carbons (Fsp3) is 0.444. The normalized spacial score (nSPS) is 20.3. The van der Waals surface area contributed by atoms with Crippen molar-refractivity contribution < 1.29 is 24.2 Å². The van der Waals surface area contributed by atoms with Crippen LogP contribution < -0.4 is 10.6 Å². The number of carboxylic acids is 1. The van der Waals surface area contributed by atoms with Crippen LogP contribution >= 0.6 is 0 Å². The van der Waals surface area contributed by atoms with Crippen molar-refractivity contribution in [2.24, 2.45) is 11.8 Å². The van der Waals surface area contributed by atoms with Crippen molar-refractivity contribution in [3.05, 3.63) is 59.7 Å². The highest BCUT2D eigenvalue weighted by Crippen LogP contribution is 2.44. The molecule has 2 aromatic rings. The maximum atomic E-state index is 12.4. The van der Waals surface area contributed by atoms with Crippen LogP contribution in [0.25, 0.3) is 11.1 Å². The molecule has 0 aromatic heterocycles. The van der Waals surface area contributed by atoms with Gasteiger partial charge in [-0.25, -0.2) is 9.59 Å². The van der Waals surface area contributed by atoms with Crippen molar-refractivity contribution in [3.63, 3.8) is 0 Å². The van der Waals surface area contributed by atoms with E-state index >= 15 is 0 Å². The van der Waals surface area contributed by atoms with Gasteiger partial charge in [0, 0.05) is 18.4 Å². The molecule has 2 aromatic carbocycles. The highest BCUT2D eigenvalue weighted by molar-refractivity contribution is 5.84. The van der Waals surface area contributed by atoms with Gasteiger partial charge in [-0.05, 0) is 46.9 Å². The lowest BCUT2D eigenvalue weighted by atomic mass is 9.78. The van der Waals surface area contributed by atoms with Crippen LogP contribution in [0.5, 0.6) is 0 Å². The summed E-state index contributed by atoms with van der Waals surface area (Å²) in [6.07, 6.45) is 1.85. The van der Waals surface area contributed by atoms with Gasteiger partial charge >= 0.3 is 12.1 Å². The molecule has 3 N–H and O–H groups in total. The fourth-order valence-corrected chi connectivity index (χ4v) is 5.00. The third kappa shape index (κ3) is 5.08. The molecule has 0 aliphatic heterocycles. The smallest absolute Gasteiger partial charge is 0.407 e. The first-order valence-corrected chi connectivity index (χ1v) is 12.0. The van der Waals surface area contributed by atoms with E-state index in [1.807, 2.05) is 38.1 Å². The van der Waals surface area contributed by atoms with E-state index in [1.54, 1.807) is 0 Å². The SMILES string of the molecule is CCC(C)C(NC(=O)CC1CC(NC(=O)OCC2c3ccccc3-c3ccccc32)C1)C(=O)O. The van der Waals surface area contributed by atoms with Crippen molar-refractivity contribution in [2.45, 2.75) is 57.5 Å². The second-order valence-corrected chi connectivity index (χ2v) is 9.48. The molecule has 2 aliphatic rings. The van der Waals surface area contributed by atoms with Gasteiger partial charge in [-0.2, -0.15) is 0 Å². The van der Waals surface area contributed by atoms with Crippen LogP contribution in [-0.2, 0) is 14.3 Å². The third-order valence-corrected chi connectivity index (χ3v) is 7.17. The van der Waals surface area contributed by atoms with Gasteiger partial charge in [0.2, 0.25) is 5.91 Å². The second kappa shape index (κ2) is 10.3. The molecule has 0 spiro atoms. The van der Waals surface area contributed by atoms with Gasteiger partial charge in [-0.15, -0.1) is 0 Å². The maximum Gasteiger partial charge on any atom is 0.407 e. The number of aliphatic carboxylic acids is 1. The Hall–Kier alpha value is -3.35. The Morgan fingerprint density at radius 2 is 1.62 bits per heavy atom. The number of ether oxygens (including phenoxy) is 1. The van der Waals surface area contributed by atoms with Crippen molar-refractivity contribution in [2.75, 3.05) is 6.61 Å². The van der Waals surface area contributed by atoms with E-state index < -0.39 is 18.1 Å². The molecule has 1 saturated carbocycles. The molecule has 0 heterocycles. The van der Waals surface area contributed by atoms with E-state index in [0.29, 0.717) is 19.3 Å². The molecular weight excluding hydrogens is 432 g/mol. The number of benzene rings is 2. The minimum atomic E-state index is -1.01. The fourth-order valence-electron chi connectivity index (χ4n) is 5.00. The topological polar surface area (TPSA) is 105 Å². The molecule has 2 unspecified atom stereocenters. The predicted octanol–water partition coefficient (Wildman–Crippen LogP) is 4.31. The number of fused-ring (bicyclic) bond motifs is 3.